The highest BCUT2D eigenvalue weighted by atomic mass is 16.5. The number of nitrogens with one attached hydrogen (secondary N) is 1. The summed E-state index contributed by atoms with van der Waals surface area (Å²) in [6.45, 7) is 8.55. The molecule has 22 heavy (non-hydrogen) atoms. The normalized spacial score (nSPS) is 18.4. The third-order valence-electron chi connectivity index (χ3n) is 4.20. The van der Waals surface area contributed by atoms with Gasteiger partial charge in [-0.1, -0.05) is 19.0 Å². The quantitative estimate of drug-likeness (QED) is 0.945. The summed E-state index contributed by atoms with van der Waals surface area (Å²) in [6, 6.07) is 0.00973. The fraction of sp³-hybridized carbons (Fsp3) is 0.562. The van der Waals surface area contributed by atoms with Gasteiger partial charge < -0.3 is 14.4 Å². The summed E-state index contributed by atoms with van der Waals surface area (Å²) < 4.78 is 5.26. The first-order valence-corrected chi connectivity index (χ1v) is 7.77. The van der Waals surface area contributed by atoms with Gasteiger partial charge in [-0.15, -0.1) is 0 Å². The number of hydrogen-bond donors (Lipinski definition) is 1. The van der Waals surface area contributed by atoms with Crippen LogP contribution in [0.15, 0.2) is 10.7 Å². The van der Waals surface area contributed by atoms with Crippen molar-refractivity contribution in [3.63, 3.8) is 0 Å². The van der Waals surface area contributed by atoms with Crippen LogP contribution >= 0.6 is 0 Å². The standard InChI is InChI=1S/C16H22N4O2/c1-9(2)14-13(11(4)22-19-14)16(21)20-7-5-6-12(20)15-17-8-10(3)18-15/h8-9,12H,5-7H2,1-4H3,(H,17,18)/t12-/m0/s1. The number of carbonyl (C=O) groups is 1. The molecular formula is C16H22N4O2. The monoisotopic (exact) mass is 302 g/mol. The molecule has 3 rings (SSSR count). The van der Waals surface area contributed by atoms with Crippen molar-refractivity contribution in [1.82, 2.24) is 20.0 Å². The summed E-state index contributed by atoms with van der Waals surface area (Å²) >= 11 is 0. The molecule has 1 fully saturated rings. The minimum atomic E-state index is -0.000923. The molecule has 1 saturated heterocycles. The van der Waals surface area contributed by atoms with Crippen LogP contribution in [0.5, 0.6) is 0 Å². The molecule has 2 aromatic rings. The van der Waals surface area contributed by atoms with Gasteiger partial charge in [-0.3, -0.25) is 4.79 Å². The minimum absolute atomic E-state index is 0.000923. The molecule has 6 heteroatoms. The fourth-order valence-corrected chi connectivity index (χ4v) is 3.08. The van der Waals surface area contributed by atoms with Gasteiger partial charge in [0.05, 0.1) is 11.7 Å². The SMILES string of the molecule is Cc1cnc([C@@H]2CCCN2C(=O)c2c(C(C)C)noc2C)[nH]1. The van der Waals surface area contributed by atoms with Crippen LogP contribution in [-0.2, 0) is 0 Å². The summed E-state index contributed by atoms with van der Waals surface area (Å²) in [4.78, 5) is 22.6. The Morgan fingerprint density at radius 2 is 2.23 bits per heavy atom. The number of amides is 1. The molecule has 0 bridgehead atoms. The number of carbonyl (C=O) groups excluding carboxylic acids is 1. The highest BCUT2D eigenvalue weighted by Crippen LogP contribution is 2.33. The summed E-state index contributed by atoms with van der Waals surface area (Å²) in [5, 5.41) is 4.06. The van der Waals surface area contributed by atoms with Gasteiger partial charge >= 0.3 is 0 Å². The zero-order valence-corrected chi connectivity index (χ0v) is 13.5. The Kier molecular flexibility index (Phi) is 3.76. The number of hydrogen-bond acceptors (Lipinski definition) is 4. The topological polar surface area (TPSA) is 75.0 Å². The number of likely N-dealkylation sites (tertiary alicyclic amines) is 1. The first-order valence-electron chi connectivity index (χ1n) is 7.77. The van der Waals surface area contributed by atoms with Crippen molar-refractivity contribution < 1.29 is 9.32 Å². The number of nitrogens with zero attached hydrogens (tertiary/aromatic N) is 3. The Morgan fingerprint density at radius 3 is 2.86 bits per heavy atom. The van der Waals surface area contributed by atoms with E-state index >= 15 is 0 Å². The van der Waals surface area contributed by atoms with E-state index in [1.54, 1.807) is 13.1 Å². The number of aromatic amines is 1. The van der Waals surface area contributed by atoms with Crippen molar-refractivity contribution in [2.75, 3.05) is 6.54 Å². The van der Waals surface area contributed by atoms with Gasteiger partial charge in [-0.05, 0) is 32.6 Å². The average molecular weight is 302 g/mol. The molecule has 0 radical (unpaired) electrons. The van der Waals surface area contributed by atoms with E-state index in [-0.39, 0.29) is 17.9 Å². The smallest absolute Gasteiger partial charge is 0.260 e. The number of rotatable bonds is 3. The molecule has 1 atom stereocenters. The van der Waals surface area contributed by atoms with E-state index in [9.17, 15) is 4.79 Å². The van der Waals surface area contributed by atoms with Crippen molar-refractivity contribution >= 4 is 5.91 Å². The molecule has 0 unspecified atom stereocenters. The second kappa shape index (κ2) is 5.59. The second-order valence-electron chi connectivity index (χ2n) is 6.26. The molecule has 2 aromatic heterocycles. The molecule has 0 spiro atoms. The van der Waals surface area contributed by atoms with E-state index in [2.05, 4.69) is 15.1 Å². The van der Waals surface area contributed by atoms with Crippen LogP contribution in [0.4, 0.5) is 0 Å². The summed E-state index contributed by atoms with van der Waals surface area (Å²) in [7, 11) is 0. The molecule has 1 aliphatic rings. The van der Waals surface area contributed by atoms with Gasteiger partial charge in [0.2, 0.25) is 0 Å². The van der Waals surface area contributed by atoms with Crippen LogP contribution in [0.2, 0.25) is 0 Å². The zero-order chi connectivity index (χ0) is 15.9. The third kappa shape index (κ3) is 2.42. The van der Waals surface area contributed by atoms with Crippen LogP contribution in [0.1, 0.15) is 72.0 Å². The molecule has 118 valence electrons. The lowest BCUT2D eigenvalue weighted by molar-refractivity contribution is 0.0727. The van der Waals surface area contributed by atoms with E-state index in [0.29, 0.717) is 11.3 Å². The first kappa shape index (κ1) is 14.8. The van der Waals surface area contributed by atoms with E-state index < -0.39 is 0 Å². The number of imidazole rings is 1. The second-order valence-corrected chi connectivity index (χ2v) is 6.26. The Morgan fingerprint density at radius 1 is 1.45 bits per heavy atom. The Labute approximate surface area is 129 Å². The molecule has 0 saturated carbocycles. The highest BCUT2D eigenvalue weighted by molar-refractivity contribution is 5.96. The number of H-pyrrole nitrogens is 1. The molecule has 1 amide bonds. The van der Waals surface area contributed by atoms with Gasteiger partial charge in [0.1, 0.15) is 17.1 Å². The van der Waals surface area contributed by atoms with E-state index in [0.717, 1.165) is 36.6 Å². The van der Waals surface area contributed by atoms with Gasteiger partial charge in [-0.2, -0.15) is 0 Å². The van der Waals surface area contributed by atoms with Crippen LogP contribution < -0.4 is 0 Å². The molecule has 1 aliphatic heterocycles. The van der Waals surface area contributed by atoms with Gasteiger partial charge in [-0.25, -0.2) is 4.98 Å². The molecule has 3 heterocycles. The van der Waals surface area contributed by atoms with E-state index in [1.807, 2.05) is 25.7 Å². The Balaban J connectivity index is 1.93. The molecule has 0 aromatic carbocycles. The van der Waals surface area contributed by atoms with Crippen LogP contribution in [0.3, 0.4) is 0 Å². The zero-order valence-electron chi connectivity index (χ0n) is 13.5. The average Bonchev–Trinajstić information content (AvgIpc) is 3.16. The van der Waals surface area contributed by atoms with E-state index in [1.165, 1.54) is 0 Å². The number of aromatic nitrogens is 3. The molecule has 1 N–H and O–H groups in total. The van der Waals surface area contributed by atoms with Crippen LogP contribution in [-0.4, -0.2) is 32.5 Å². The Bertz CT molecular complexity index is 686. The van der Waals surface area contributed by atoms with Gasteiger partial charge in [0, 0.05) is 18.4 Å². The lowest BCUT2D eigenvalue weighted by Gasteiger charge is -2.23. The maximum atomic E-state index is 13.0. The van der Waals surface area contributed by atoms with Crippen LogP contribution in [0, 0.1) is 13.8 Å². The van der Waals surface area contributed by atoms with Gasteiger partial charge in [0.25, 0.3) is 5.91 Å². The molecular weight excluding hydrogens is 280 g/mol. The maximum Gasteiger partial charge on any atom is 0.260 e. The minimum Gasteiger partial charge on any atom is -0.361 e. The molecule has 6 nitrogen and oxygen atoms in total. The van der Waals surface area contributed by atoms with Crippen molar-refractivity contribution in [3.8, 4) is 0 Å². The van der Waals surface area contributed by atoms with Crippen LogP contribution in [0.25, 0.3) is 0 Å². The van der Waals surface area contributed by atoms with Crippen molar-refractivity contribution in [2.24, 2.45) is 0 Å². The summed E-state index contributed by atoms with van der Waals surface area (Å²) in [5.74, 6) is 1.61. The molecule has 0 aliphatic carbocycles. The lowest BCUT2D eigenvalue weighted by Crippen LogP contribution is -2.32. The highest BCUT2D eigenvalue weighted by Gasteiger charge is 2.35. The maximum absolute atomic E-state index is 13.0. The predicted octanol–water partition coefficient (Wildman–Crippen LogP) is 3.12. The van der Waals surface area contributed by atoms with Crippen molar-refractivity contribution in [1.29, 1.82) is 0 Å². The lowest BCUT2D eigenvalue weighted by atomic mass is 10.0. The van der Waals surface area contributed by atoms with Gasteiger partial charge in [0.15, 0.2) is 0 Å². The van der Waals surface area contributed by atoms with E-state index in [4.69, 9.17) is 4.52 Å². The fourth-order valence-electron chi connectivity index (χ4n) is 3.08. The first-order chi connectivity index (χ1) is 10.5. The Hall–Kier alpha value is -2.11. The largest absolute Gasteiger partial charge is 0.361 e. The summed E-state index contributed by atoms with van der Waals surface area (Å²) in [5.41, 5.74) is 2.37. The van der Waals surface area contributed by atoms with Crippen molar-refractivity contribution in [2.45, 2.75) is 52.5 Å². The van der Waals surface area contributed by atoms with Crippen molar-refractivity contribution in [3.05, 3.63) is 34.7 Å². The third-order valence-corrected chi connectivity index (χ3v) is 4.20. The summed E-state index contributed by atoms with van der Waals surface area (Å²) in [6.07, 6.45) is 3.72. The predicted molar refractivity (Wildman–Crippen MR) is 81.7 cm³/mol. The number of aryl methyl sites for hydroxylation is 2.